The first kappa shape index (κ1) is 18.4. The molecule has 2 unspecified atom stereocenters. The third-order valence-corrected chi connectivity index (χ3v) is 4.11. The lowest BCUT2D eigenvalue weighted by Crippen LogP contribution is -2.59. The van der Waals surface area contributed by atoms with E-state index in [-0.39, 0.29) is 12.0 Å². The molecule has 3 N–H and O–H groups in total. The minimum absolute atomic E-state index is 0.102. The molecule has 0 aromatic heterocycles. The van der Waals surface area contributed by atoms with Crippen molar-refractivity contribution in [3.63, 3.8) is 0 Å². The highest BCUT2D eigenvalue weighted by Gasteiger charge is 2.41. The van der Waals surface area contributed by atoms with Gasteiger partial charge in [0.05, 0.1) is 19.3 Å². The molecule has 2 atom stereocenters. The van der Waals surface area contributed by atoms with Crippen LogP contribution in [0.4, 0.5) is 0 Å². The number of nitrogens with one attached hydrogen (secondary N) is 1. The fourth-order valence-electron chi connectivity index (χ4n) is 2.82. The van der Waals surface area contributed by atoms with Crippen LogP contribution < -0.4 is 11.1 Å². The number of rotatable bonds is 11. The molecule has 0 aliphatic heterocycles. The molecule has 0 aromatic rings. The first-order valence-electron chi connectivity index (χ1n) is 8.39. The summed E-state index contributed by atoms with van der Waals surface area (Å²) >= 11 is 0. The number of ether oxygens (including phenoxy) is 2. The van der Waals surface area contributed by atoms with Crippen LogP contribution in [0.3, 0.4) is 0 Å². The lowest BCUT2D eigenvalue weighted by atomic mass is 9.79. The Kier molecular flexibility index (Phi) is 8.88. The molecule has 1 amide bonds. The summed E-state index contributed by atoms with van der Waals surface area (Å²) in [6.07, 6.45) is 6.80. The number of hydrogen-bond donors (Lipinski definition) is 2. The van der Waals surface area contributed by atoms with Crippen LogP contribution in [0.25, 0.3) is 0 Å². The molecule has 0 radical (unpaired) electrons. The molecule has 124 valence electrons. The lowest BCUT2D eigenvalue weighted by Gasteiger charge is -2.39. The Morgan fingerprint density at radius 3 is 2.76 bits per heavy atom. The van der Waals surface area contributed by atoms with E-state index in [1.54, 1.807) is 0 Å². The highest BCUT2D eigenvalue weighted by molar-refractivity contribution is 5.84. The zero-order valence-electron chi connectivity index (χ0n) is 13.7. The maximum atomic E-state index is 11.9. The maximum absolute atomic E-state index is 11.9. The number of primary amides is 1. The van der Waals surface area contributed by atoms with Crippen LogP contribution in [0.1, 0.15) is 58.8 Å². The van der Waals surface area contributed by atoms with Crippen LogP contribution in [0, 0.1) is 0 Å². The minimum atomic E-state index is -0.581. The molecular formula is C16H32N2O3. The van der Waals surface area contributed by atoms with Crippen molar-refractivity contribution in [2.75, 3.05) is 26.4 Å². The van der Waals surface area contributed by atoms with Gasteiger partial charge in [-0.2, -0.15) is 0 Å². The summed E-state index contributed by atoms with van der Waals surface area (Å²) in [6, 6.07) is 0. The Morgan fingerprint density at radius 2 is 2.10 bits per heavy atom. The van der Waals surface area contributed by atoms with Gasteiger partial charge in [-0.25, -0.2) is 0 Å². The minimum Gasteiger partial charge on any atom is -0.379 e. The Morgan fingerprint density at radius 1 is 1.29 bits per heavy atom. The highest BCUT2D eigenvalue weighted by atomic mass is 16.5. The quantitative estimate of drug-likeness (QED) is 0.572. The van der Waals surface area contributed by atoms with Crippen molar-refractivity contribution in [3.05, 3.63) is 0 Å². The van der Waals surface area contributed by atoms with Gasteiger partial charge in [0.15, 0.2) is 0 Å². The van der Waals surface area contributed by atoms with E-state index in [0.29, 0.717) is 19.6 Å². The summed E-state index contributed by atoms with van der Waals surface area (Å²) in [7, 11) is 0. The van der Waals surface area contributed by atoms with E-state index in [2.05, 4.69) is 19.2 Å². The number of hydrogen-bond acceptors (Lipinski definition) is 4. The SMILES string of the molecule is CCCCOCCOC1CCCC(NCCC)(C(N)=O)C1. The molecule has 1 aliphatic carbocycles. The normalized spacial score (nSPS) is 25.9. The largest absolute Gasteiger partial charge is 0.379 e. The third-order valence-electron chi connectivity index (χ3n) is 4.11. The fourth-order valence-corrected chi connectivity index (χ4v) is 2.82. The number of nitrogens with two attached hydrogens (primary N) is 1. The molecule has 1 rings (SSSR count). The van der Waals surface area contributed by atoms with Crippen LogP contribution in [-0.2, 0) is 14.3 Å². The zero-order valence-corrected chi connectivity index (χ0v) is 13.7. The van der Waals surface area contributed by atoms with Crippen LogP contribution >= 0.6 is 0 Å². The second-order valence-electron chi connectivity index (χ2n) is 5.93. The van der Waals surface area contributed by atoms with E-state index in [9.17, 15) is 4.79 Å². The lowest BCUT2D eigenvalue weighted by molar-refractivity contribution is -0.128. The molecule has 5 nitrogen and oxygen atoms in total. The van der Waals surface area contributed by atoms with Crippen molar-refractivity contribution < 1.29 is 14.3 Å². The molecule has 0 spiro atoms. The van der Waals surface area contributed by atoms with E-state index in [1.165, 1.54) is 0 Å². The summed E-state index contributed by atoms with van der Waals surface area (Å²) in [5.41, 5.74) is 5.05. The predicted molar refractivity (Wildman–Crippen MR) is 84.2 cm³/mol. The zero-order chi connectivity index (χ0) is 15.6. The van der Waals surface area contributed by atoms with Crippen molar-refractivity contribution >= 4 is 5.91 Å². The number of carbonyl (C=O) groups excluding carboxylic acids is 1. The third kappa shape index (κ3) is 6.32. The predicted octanol–water partition coefficient (Wildman–Crippen LogP) is 1.99. The topological polar surface area (TPSA) is 73.6 Å². The van der Waals surface area contributed by atoms with Crippen LogP contribution in [-0.4, -0.2) is 43.9 Å². The van der Waals surface area contributed by atoms with Gasteiger partial charge in [0.1, 0.15) is 5.54 Å². The number of amides is 1. The van der Waals surface area contributed by atoms with Gasteiger partial charge in [0.2, 0.25) is 5.91 Å². The van der Waals surface area contributed by atoms with Gasteiger partial charge in [0, 0.05) is 13.0 Å². The Bertz CT molecular complexity index is 299. The average Bonchev–Trinajstić information content (AvgIpc) is 2.49. The molecule has 1 fully saturated rings. The summed E-state index contributed by atoms with van der Waals surface area (Å²) in [6.45, 7) is 7.07. The van der Waals surface area contributed by atoms with Gasteiger partial charge >= 0.3 is 0 Å². The molecular weight excluding hydrogens is 268 g/mol. The molecule has 0 heterocycles. The molecule has 1 saturated carbocycles. The van der Waals surface area contributed by atoms with E-state index in [0.717, 1.165) is 51.7 Å². The first-order valence-corrected chi connectivity index (χ1v) is 8.39. The Labute approximate surface area is 128 Å². The average molecular weight is 300 g/mol. The van der Waals surface area contributed by atoms with Gasteiger partial charge < -0.3 is 20.5 Å². The Balaban J connectivity index is 2.34. The molecule has 5 heteroatoms. The van der Waals surface area contributed by atoms with Gasteiger partial charge in [-0.3, -0.25) is 4.79 Å². The number of carbonyl (C=O) groups is 1. The van der Waals surface area contributed by atoms with Crippen molar-refractivity contribution in [3.8, 4) is 0 Å². The molecule has 1 aliphatic rings. The summed E-state index contributed by atoms with van der Waals surface area (Å²) < 4.78 is 11.4. The first-order chi connectivity index (χ1) is 10.1. The van der Waals surface area contributed by atoms with E-state index in [4.69, 9.17) is 15.2 Å². The van der Waals surface area contributed by atoms with Crippen molar-refractivity contribution in [1.29, 1.82) is 0 Å². The van der Waals surface area contributed by atoms with E-state index < -0.39 is 5.54 Å². The van der Waals surface area contributed by atoms with Crippen molar-refractivity contribution in [2.24, 2.45) is 5.73 Å². The van der Waals surface area contributed by atoms with Crippen LogP contribution in [0.5, 0.6) is 0 Å². The smallest absolute Gasteiger partial charge is 0.237 e. The van der Waals surface area contributed by atoms with Crippen LogP contribution in [0.2, 0.25) is 0 Å². The van der Waals surface area contributed by atoms with Gasteiger partial charge in [-0.05, 0) is 38.6 Å². The van der Waals surface area contributed by atoms with E-state index >= 15 is 0 Å². The summed E-state index contributed by atoms with van der Waals surface area (Å²) in [4.78, 5) is 11.9. The monoisotopic (exact) mass is 300 g/mol. The molecule has 0 saturated heterocycles. The highest BCUT2D eigenvalue weighted by Crippen LogP contribution is 2.30. The molecule has 0 aromatic carbocycles. The second-order valence-corrected chi connectivity index (χ2v) is 5.93. The molecule has 21 heavy (non-hydrogen) atoms. The summed E-state index contributed by atoms with van der Waals surface area (Å²) in [5.74, 6) is -0.247. The molecule has 0 bridgehead atoms. The van der Waals surface area contributed by atoms with Crippen molar-refractivity contribution in [2.45, 2.75) is 70.4 Å². The maximum Gasteiger partial charge on any atom is 0.237 e. The summed E-state index contributed by atoms with van der Waals surface area (Å²) in [5, 5.41) is 3.35. The second kappa shape index (κ2) is 10.1. The van der Waals surface area contributed by atoms with Crippen molar-refractivity contribution in [1.82, 2.24) is 5.32 Å². The Hall–Kier alpha value is -0.650. The van der Waals surface area contributed by atoms with Gasteiger partial charge in [0.25, 0.3) is 0 Å². The van der Waals surface area contributed by atoms with Crippen LogP contribution in [0.15, 0.2) is 0 Å². The fraction of sp³-hybridized carbons (Fsp3) is 0.938. The standard InChI is InChI=1S/C16H32N2O3/c1-3-5-10-20-11-12-21-14-7-6-8-16(13-14,15(17)19)18-9-4-2/h14,18H,3-13H2,1-2H3,(H2,17,19). The number of unbranched alkanes of at least 4 members (excludes halogenated alkanes) is 1. The van der Waals surface area contributed by atoms with E-state index in [1.807, 2.05) is 0 Å². The van der Waals surface area contributed by atoms with Gasteiger partial charge in [-0.1, -0.05) is 20.3 Å². The van der Waals surface area contributed by atoms with Gasteiger partial charge in [-0.15, -0.1) is 0 Å².